The molecular formula is C12H19NO5. The Balaban J connectivity index is 2.06. The zero-order chi connectivity index (χ0) is 13.4. The lowest BCUT2D eigenvalue weighted by molar-refractivity contribution is -0.148. The first kappa shape index (κ1) is 13.3. The first-order valence-electron chi connectivity index (χ1n) is 6.28. The molecule has 2 fully saturated rings. The van der Waals surface area contributed by atoms with E-state index in [0.29, 0.717) is 12.8 Å². The zero-order valence-corrected chi connectivity index (χ0v) is 10.3. The lowest BCUT2D eigenvalue weighted by Crippen LogP contribution is -2.38. The fourth-order valence-corrected chi connectivity index (χ4v) is 3.02. The first-order chi connectivity index (χ1) is 8.40. The van der Waals surface area contributed by atoms with Gasteiger partial charge in [-0.25, -0.2) is 0 Å². The summed E-state index contributed by atoms with van der Waals surface area (Å²) in [5.41, 5.74) is 0. The average molecular weight is 257 g/mol. The SMILES string of the molecule is CC1C[C@H](C(=O)N2CC(O)C(O)C2)[C@H](C(=O)O)C1. The van der Waals surface area contributed by atoms with Crippen molar-refractivity contribution in [3.8, 4) is 0 Å². The Bertz CT molecular complexity index is 348. The molecule has 3 unspecified atom stereocenters. The summed E-state index contributed by atoms with van der Waals surface area (Å²) in [6.45, 7) is 2.13. The lowest BCUT2D eigenvalue weighted by atomic mass is 9.95. The molecule has 102 valence electrons. The molecule has 1 saturated heterocycles. The van der Waals surface area contributed by atoms with E-state index in [1.165, 1.54) is 4.90 Å². The van der Waals surface area contributed by atoms with Gasteiger partial charge in [0.1, 0.15) is 0 Å². The van der Waals surface area contributed by atoms with E-state index >= 15 is 0 Å². The minimum atomic E-state index is -0.932. The van der Waals surface area contributed by atoms with Crippen LogP contribution in [0.4, 0.5) is 0 Å². The Morgan fingerprint density at radius 3 is 2.06 bits per heavy atom. The monoisotopic (exact) mass is 257 g/mol. The summed E-state index contributed by atoms with van der Waals surface area (Å²) in [5, 5.41) is 28.0. The predicted octanol–water partition coefficient (Wildman–Crippen LogP) is -0.703. The molecule has 1 heterocycles. The number of aliphatic hydroxyl groups excluding tert-OH is 2. The van der Waals surface area contributed by atoms with Crippen molar-refractivity contribution in [2.75, 3.05) is 13.1 Å². The lowest BCUT2D eigenvalue weighted by Gasteiger charge is -2.22. The Morgan fingerprint density at radius 2 is 1.56 bits per heavy atom. The second kappa shape index (κ2) is 4.85. The molecule has 0 aromatic carbocycles. The Kier molecular flexibility index (Phi) is 3.59. The van der Waals surface area contributed by atoms with Crippen LogP contribution in [0.1, 0.15) is 19.8 Å². The van der Waals surface area contributed by atoms with Gasteiger partial charge >= 0.3 is 5.97 Å². The summed E-state index contributed by atoms with van der Waals surface area (Å²) in [4.78, 5) is 24.8. The number of carbonyl (C=O) groups excluding carboxylic acids is 1. The first-order valence-corrected chi connectivity index (χ1v) is 6.28. The van der Waals surface area contributed by atoms with E-state index in [1.807, 2.05) is 6.92 Å². The molecule has 5 atom stereocenters. The van der Waals surface area contributed by atoms with Crippen LogP contribution in [0, 0.1) is 17.8 Å². The third-order valence-electron chi connectivity index (χ3n) is 4.00. The van der Waals surface area contributed by atoms with Crippen LogP contribution in [0.2, 0.25) is 0 Å². The van der Waals surface area contributed by atoms with E-state index in [-0.39, 0.29) is 24.9 Å². The van der Waals surface area contributed by atoms with Crippen molar-refractivity contribution < 1.29 is 24.9 Å². The highest BCUT2D eigenvalue weighted by Gasteiger charge is 2.45. The molecule has 0 bridgehead atoms. The van der Waals surface area contributed by atoms with Gasteiger partial charge in [0.15, 0.2) is 0 Å². The zero-order valence-electron chi connectivity index (χ0n) is 10.3. The molecule has 1 aliphatic carbocycles. The maximum Gasteiger partial charge on any atom is 0.307 e. The summed E-state index contributed by atoms with van der Waals surface area (Å²) in [7, 11) is 0. The number of rotatable bonds is 2. The molecule has 0 spiro atoms. The maximum atomic E-state index is 12.2. The molecule has 0 aromatic rings. The molecule has 6 heteroatoms. The van der Waals surface area contributed by atoms with Crippen molar-refractivity contribution in [1.82, 2.24) is 4.90 Å². The molecule has 2 rings (SSSR count). The van der Waals surface area contributed by atoms with Crippen molar-refractivity contribution in [2.45, 2.75) is 32.0 Å². The van der Waals surface area contributed by atoms with Gasteiger partial charge in [0, 0.05) is 13.1 Å². The number of carbonyl (C=O) groups is 2. The number of aliphatic hydroxyl groups is 2. The molecule has 1 amide bonds. The van der Waals surface area contributed by atoms with Gasteiger partial charge in [-0.05, 0) is 18.8 Å². The smallest absolute Gasteiger partial charge is 0.307 e. The molecule has 1 saturated carbocycles. The van der Waals surface area contributed by atoms with Crippen LogP contribution in [0.15, 0.2) is 0 Å². The van der Waals surface area contributed by atoms with Gasteiger partial charge in [-0.1, -0.05) is 6.92 Å². The molecular weight excluding hydrogens is 238 g/mol. The minimum Gasteiger partial charge on any atom is -0.481 e. The van der Waals surface area contributed by atoms with Crippen molar-refractivity contribution in [3.05, 3.63) is 0 Å². The molecule has 1 aliphatic heterocycles. The second-order valence-electron chi connectivity index (χ2n) is 5.51. The van der Waals surface area contributed by atoms with Crippen molar-refractivity contribution >= 4 is 11.9 Å². The summed E-state index contributed by atoms with van der Waals surface area (Å²) in [5.74, 6) is -2.12. The summed E-state index contributed by atoms with van der Waals surface area (Å²) in [6, 6.07) is 0. The van der Waals surface area contributed by atoms with E-state index in [1.54, 1.807) is 0 Å². The van der Waals surface area contributed by atoms with Crippen molar-refractivity contribution in [2.24, 2.45) is 17.8 Å². The number of nitrogens with zero attached hydrogens (tertiary/aromatic N) is 1. The van der Waals surface area contributed by atoms with Gasteiger partial charge in [-0.15, -0.1) is 0 Å². The number of hydrogen-bond donors (Lipinski definition) is 3. The van der Waals surface area contributed by atoms with Crippen LogP contribution in [-0.4, -0.2) is 57.4 Å². The number of likely N-dealkylation sites (tertiary alicyclic amines) is 1. The van der Waals surface area contributed by atoms with E-state index in [9.17, 15) is 19.8 Å². The van der Waals surface area contributed by atoms with E-state index in [4.69, 9.17) is 5.11 Å². The molecule has 2 aliphatic rings. The summed E-state index contributed by atoms with van der Waals surface area (Å²) >= 11 is 0. The third-order valence-corrected chi connectivity index (χ3v) is 4.00. The van der Waals surface area contributed by atoms with Crippen molar-refractivity contribution in [1.29, 1.82) is 0 Å². The normalized spacial score (nSPS) is 40.2. The molecule has 0 aromatic heterocycles. The number of carboxylic acid groups (broad SMARTS) is 1. The van der Waals surface area contributed by atoms with E-state index in [0.717, 1.165) is 0 Å². The highest BCUT2D eigenvalue weighted by Crippen LogP contribution is 2.38. The van der Waals surface area contributed by atoms with Crippen LogP contribution in [0.3, 0.4) is 0 Å². The van der Waals surface area contributed by atoms with Gasteiger partial charge in [0.25, 0.3) is 0 Å². The molecule has 6 nitrogen and oxygen atoms in total. The summed E-state index contributed by atoms with van der Waals surface area (Å²) in [6.07, 6.45) is -0.754. The van der Waals surface area contributed by atoms with Crippen LogP contribution >= 0.6 is 0 Å². The Hall–Kier alpha value is -1.14. The Morgan fingerprint density at radius 1 is 1.06 bits per heavy atom. The topological polar surface area (TPSA) is 98.1 Å². The highest BCUT2D eigenvalue weighted by atomic mass is 16.4. The van der Waals surface area contributed by atoms with E-state index in [2.05, 4.69) is 0 Å². The largest absolute Gasteiger partial charge is 0.481 e. The van der Waals surface area contributed by atoms with Crippen LogP contribution in [0.25, 0.3) is 0 Å². The maximum absolute atomic E-state index is 12.2. The van der Waals surface area contributed by atoms with Gasteiger partial charge in [-0.3, -0.25) is 9.59 Å². The van der Waals surface area contributed by atoms with Crippen LogP contribution < -0.4 is 0 Å². The quantitative estimate of drug-likeness (QED) is 0.607. The Labute approximate surface area is 105 Å². The number of hydrogen-bond acceptors (Lipinski definition) is 4. The minimum absolute atomic E-state index is 0.0945. The van der Waals surface area contributed by atoms with Gasteiger partial charge in [0.2, 0.25) is 5.91 Å². The number of carboxylic acids is 1. The number of amides is 1. The molecule has 18 heavy (non-hydrogen) atoms. The van der Waals surface area contributed by atoms with Gasteiger partial charge in [0.05, 0.1) is 24.0 Å². The third kappa shape index (κ3) is 2.35. The second-order valence-corrected chi connectivity index (χ2v) is 5.51. The number of β-amino-alcohol motifs (C(OH)–C–C–N with tert-alkyl or cyclic N) is 2. The molecule has 3 N–H and O–H groups in total. The fourth-order valence-electron chi connectivity index (χ4n) is 3.02. The van der Waals surface area contributed by atoms with Crippen molar-refractivity contribution in [3.63, 3.8) is 0 Å². The standard InChI is InChI=1S/C12H19NO5/c1-6-2-7(8(3-6)12(17)18)11(16)13-4-9(14)10(15)5-13/h6-10,14-15H,2-5H2,1H3,(H,17,18)/t6?,7-,8+,9?,10?/m0/s1. The molecule has 0 radical (unpaired) electrons. The van der Waals surface area contributed by atoms with Gasteiger partial charge in [-0.2, -0.15) is 0 Å². The highest BCUT2D eigenvalue weighted by molar-refractivity contribution is 5.85. The van der Waals surface area contributed by atoms with Crippen LogP contribution in [0.5, 0.6) is 0 Å². The van der Waals surface area contributed by atoms with Gasteiger partial charge < -0.3 is 20.2 Å². The fraction of sp³-hybridized carbons (Fsp3) is 0.833. The summed E-state index contributed by atoms with van der Waals surface area (Å²) < 4.78 is 0. The number of aliphatic carboxylic acids is 1. The van der Waals surface area contributed by atoms with E-state index < -0.39 is 30.0 Å². The average Bonchev–Trinajstić information content (AvgIpc) is 2.82. The predicted molar refractivity (Wildman–Crippen MR) is 61.6 cm³/mol. The van der Waals surface area contributed by atoms with Crippen LogP contribution in [-0.2, 0) is 9.59 Å².